The highest BCUT2D eigenvalue weighted by Gasteiger charge is 2.39. The lowest BCUT2D eigenvalue weighted by atomic mass is 10.2. The number of aromatic nitrogens is 1. The Hall–Kier alpha value is -1.31. The van der Waals surface area contributed by atoms with Crippen LogP contribution in [0, 0.1) is 0 Å². The molecule has 0 radical (unpaired) electrons. The molecule has 1 atom stereocenters. The highest BCUT2D eigenvalue weighted by atomic mass is 35.5. The first-order chi connectivity index (χ1) is 9.40. The molecular formula is C12H10ClNO4S2. The molecule has 0 aliphatic carbocycles. The van der Waals surface area contributed by atoms with Gasteiger partial charge in [0.1, 0.15) is 0 Å². The SMILES string of the molecule is O=C(O)CCC(Cl)(Sc1nc2ccccc2s1)C(=O)O. The van der Waals surface area contributed by atoms with Gasteiger partial charge in [0, 0.05) is 6.42 Å². The number of benzene rings is 1. The minimum atomic E-state index is -1.72. The van der Waals surface area contributed by atoms with Gasteiger partial charge in [-0.05, 0) is 18.6 Å². The lowest BCUT2D eigenvalue weighted by molar-refractivity contribution is -0.139. The van der Waals surface area contributed by atoms with Crippen LogP contribution < -0.4 is 0 Å². The average molecular weight is 332 g/mol. The molecule has 1 heterocycles. The van der Waals surface area contributed by atoms with Crippen LogP contribution in [0.25, 0.3) is 10.2 Å². The van der Waals surface area contributed by atoms with Crippen LogP contribution in [-0.2, 0) is 9.59 Å². The summed E-state index contributed by atoms with van der Waals surface area (Å²) in [6.07, 6.45) is -0.493. The molecule has 0 amide bonds. The number of nitrogens with zero attached hydrogens (tertiary/aromatic N) is 1. The predicted octanol–water partition coefficient (Wildman–Crippen LogP) is 3.27. The molecule has 0 saturated carbocycles. The Balaban J connectivity index is 2.22. The van der Waals surface area contributed by atoms with Gasteiger partial charge in [0.25, 0.3) is 0 Å². The van der Waals surface area contributed by atoms with Crippen LogP contribution >= 0.6 is 34.7 Å². The van der Waals surface area contributed by atoms with Crippen molar-refractivity contribution < 1.29 is 19.8 Å². The molecular weight excluding hydrogens is 322 g/mol. The van der Waals surface area contributed by atoms with Gasteiger partial charge < -0.3 is 10.2 Å². The number of carbonyl (C=O) groups is 2. The number of carboxylic acids is 2. The summed E-state index contributed by atoms with van der Waals surface area (Å²) in [4.78, 5) is 26.2. The number of hydrogen-bond donors (Lipinski definition) is 2. The first kappa shape index (κ1) is 15.1. The second-order valence-corrected chi connectivity index (χ2v) is 7.42. The van der Waals surface area contributed by atoms with Crippen LogP contribution in [0.15, 0.2) is 28.6 Å². The maximum Gasteiger partial charge on any atom is 0.335 e. The molecule has 2 rings (SSSR count). The molecule has 8 heteroatoms. The molecule has 5 nitrogen and oxygen atoms in total. The van der Waals surface area contributed by atoms with Crippen molar-refractivity contribution in [1.29, 1.82) is 0 Å². The van der Waals surface area contributed by atoms with Crippen LogP contribution in [0.2, 0.25) is 0 Å². The molecule has 0 aliphatic rings. The van der Waals surface area contributed by atoms with Crippen LogP contribution in [0.3, 0.4) is 0 Å². The van der Waals surface area contributed by atoms with Crippen molar-refractivity contribution in [3.63, 3.8) is 0 Å². The summed E-state index contributed by atoms with van der Waals surface area (Å²) in [5.41, 5.74) is 0.766. The van der Waals surface area contributed by atoms with E-state index in [1.165, 1.54) is 11.3 Å². The van der Waals surface area contributed by atoms with Gasteiger partial charge in [0.2, 0.25) is 0 Å². The molecule has 106 valence electrons. The second-order valence-electron chi connectivity index (χ2n) is 3.98. The van der Waals surface area contributed by atoms with E-state index in [0.29, 0.717) is 4.34 Å². The van der Waals surface area contributed by atoms with Crippen LogP contribution in [0.1, 0.15) is 12.8 Å². The average Bonchev–Trinajstić information content (AvgIpc) is 2.78. The van der Waals surface area contributed by atoms with E-state index in [2.05, 4.69) is 4.98 Å². The maximum atomic E-state index is 11.3. The molecule has 0 bridgehead atoms. The van der Waals surface area contributed by atoms with Crippen molar-refractivity contribution >= 4 is 56.9 Å². The molecule has 2 aromatic rings. The molecule has 1 aromatic carbocycles. The van der Waals surface area contributed by atoms with Gasteiger partial charge in [0.05, 0.1) is 10.2 Å². The quantitative estimate of drug-likeness (QED) is 0.624. The smallest absolute Gasteiger partial charge is 0.335 e. The number of hydrogen-bond acceptors (Lipinski definition) is 5. The zero-order valence-corrected chi connectivity index (χ0v) is 12.5. The van der Waals surface area contributed by atoms with Crippen LogP contribution in [-0.4, -0.2) is 31.3 Å². The number of rotatable bonds is 6. The van der Waals surface area contributed by atoms with Crippen molar-refractivity contribution in [1.82, 2.24) is 4.98 Å². The molecule has 0 saturated heterocycles. The van der Waals surface area contributed by atoms with Crippen LogP contribution in [0.5, 0.6) is 0 Å². The van der Waals surface area contributed by atoms with Crippen molar-refractivity contribution in [2.75, 3.05) is 0 Å². The summed E-state index contributed by atoms with van der Waals surface area (Å²) < 4.78 is -0.279. The zero-order chi connectivity index (χ0) is 14.8. The Morgan fingerprint density at radius 3 is 2.65 bits per heavy atom. The van der Waals surface area contributed by atoms with Gasteiger partial charge in [-0.25, -0.2) is 9.78 Å². The van der Waals surface area contributed by atoms with Gasteiger partial charge in [-0.1, -0.05) is 35.5 Å². The van der Waals surface area contributed by atoms with E-state index >= 15 is 0 Å². The van der Waals surface area contributed by atoms with E-state index in [1.54, 1.807) is 0 Å². The number of thioether (sulfide) groups is 1. The fourth-order valence-corrected chi connectivity index (χ4v) is 4.23. The monoisotopic (exact) mass is 331 g/mol. The number of fused-ring (bicyclic) bond motifs is 1. The number of halogens is 1. The summed E-state index contributed by atoms with van der Waals surface area (Å²) in [7, 11) is 0. The van der Waals surface area contributed by atoms with Crippen molar-refractivity contribution in [2.24, 2.45) is 0 Å². The molecule has 2 N–H and O–H groups in total. The number of alkyl halides is 1. The van der Waals surface area contributed by atoms with Gasteiger partial charge in [0.15, 0.2) is 8.55 Å². The number of para-hydroxylation sites is 1. The normalized spacial score (nSPS) is 14.1. The third-order valence-electron chi connectivity index (χ3n) is 2.50. The van der Waals surface area contributed by atoms with Gasteiger partial charge >= 0.3 is 11.9 Å². The van der Waals surface area contributed by atoms with Crippen LogP contribution in [0.4, 0.5) is 0 Å². The first-order valence-electron chi connectivity index (χ1n) is 5.59. The number of thiazole rings is 1. The molecule has 0 fully saturated rings. The van der Waals surface area contributed by atoms with E-state index in [4.69, 9.17) is 16.7 Å². The van der Waals surface area contributed by atoms with Crippen molar-refractivity contribution in [2.45, 2.75) is 21.4 Å². The summed E-state index contributed by atoms with van der Waals surface area (Å²) in [5.74, 6) is -2.34. The molecule has 0 aliphatic heterocycles. The van der Waals surface area contributed by atoms with Gasteiger partial charge in [-0.2, -0.15) is 0 Å². The Labute approximate surface area is 127 Å². The standard InChI is InChI=1S/C12H10ClNO4S2/c13-12(10(17)18,6-5-9(15)16)20-11-14-7-3-1-2-4-8(7)19-11/h1-4H,5-6H2,(H,15,16)(H,17,18). The molecule has 1 unspecified atom stereocenters. The largest absolute Gasteiger partial charge is 0.481 e. The van der Waals surface area contributed by atoms with E-state index in [-0.39, 0.29) is 12.8 Å². The Morgan fingerprint density at radius 2 is 2.05 bits per heavy atom. The highest BCUT2D eigenvalue weighted by Crippen LogP contribution is 2.43. The lowest BCUT2D eigenvalue weighted by Crippen LogP contribution is -2.29. The van der Waals surface area contributed by atoms with E-state index < -0.39 is 16.1 Å². The van der Waals surface area contributed by atoms with E-state index in [1.807, 2.05) is 24.3 Å². The zero-order valence-electron chi connectivity index (χ0n) is 10.1. The Morgan fingerprint density at radius 1 is 1.35 bits per heavy atom. The summed E-state index contributed by atoms with van der Waals surface area (Å²) >= 11 is 8.26. The third-order valence-corrected chi connectivity index (χ3v) is 5.38. The Kier molecular flexibility index (Phi) is 4.52. The van der Waals surface area contributed by atoms with Gasteiger partial charge in [-0.3, -0.25) is 4.79 Å². The summed E-state index contributed by atoms with van der Waals surface area (Å²) in [6, 6.07) is 7.41. The van der Waals surface area contributed by atoms with E-state index in [9.17, 15) is 14.7 Å². The molecule has 20 heavy (non-hydrogen) atoms. The highest BCUT2D eigenvalue weighted by molar-refractivity contribution is 8.04. The number of carboxylic acid groups (broad SMARTS) is 2. The summed E-state index contributed by atoms with van der Waals surface area (Å²) in [5, 5.41) is 17.9. The van der Waals surface area contributed by atoms with Crippen molar-refractivity contribution in [3.05, 3.63) is 24.3 Å². The fourth-order valence-electron chi connectivity index (χ4n) is 1.50. The lowest BCUT2D eigenvalue weighted by Gasteiger charge is -2.19. The predicted molar refractivity (Wildman–Crippen MR) is 78.6 cm³/mol. The minimum absolute atomic E-state index is 0.181. The van der Waals surface area contributed by atoms with Gasteiger partial charge in [-0.15, -0.1) is 11.3 Å². The first-order valence-corrected chi connectivity index (χ1v) is 7.60. The molecule has 0 spiro atoms. The topological polar surface area (TPSA) is 87.5 Å². The van der Waals surface area contributed by atoms with E-state index in [0.717, 1.165) is 22.0 Å². The summed E-state index contributed by atoms with van der Waals surface area (Å²) in [6.45, 7) is 0. The second kappa shape index (κ2) is 5.99. The number of aliphatic carboxylic acids is 2. The third kappa shape index (κ3) is 3.41. The minimum Gasteiger partial charge on any atom is -0.481 e. The van der Waals surface area contributed by atoms with Crippen molar-refractivity contribution in [3.8, 4) is 0 Å². The maximum absolute atomic E-state index is 11.3. The molecule has 1 aromatic heterocycles. The Bertz CT molecular complexity index is 627. The fraction of sp³-hybridized carbons (Fsp3) is 0.250.